The van der Waals surface area contributed by atoms with Crippen molar-refractivity contribution in [1.82, 2.24) is 9.78 Å². The van der Waals surface area contributed by atoms with E-state index in [1.54, 1.807) is 0 Å². The van der Waals surface area contributed by atoms with Crippen LogP contribution in [0.2, 0.25) is 0 Å². The smallest absolute Gasteiger partial charge is 0.0865 e. The first kappa shape index (κ1) is 12.3. The molecule has 0 bridgehead atoms. The van der Waals surface area contributed by atoms with Crippen molar-refractivity contribution < 1.29 is 0 Å². The molecule has 0 saturated heterocycles. The molecule has 5 heteroatoms. The van der Waals surface area contributed by atoms with Crippen molar-refractivity contribution >= 4 is 28.0 Å². The first-order valence-corrected chi connectivity index (χ1v) is 6.37. The Bertz CT molecular complexity index is 756. The number of aromatic nitrogens is 2. The maximum atomic E-state index is 4.26. The zero-order chi connectivity index (χ0) is 13.9. The van der Waals surface area contributed by atoms with Crippen molar-refractivity contribution in [3.05, 3.63) is 48.7 Å². The molecule has 2 aromatic carbocycles. The highest BCUT2D eigenvalue weighted by Gasteiger charge is 2.00. The number of hydrogen-bond acceptors (Lipinski definition) is 4. The topological polar surface area (TPSA) is 54.6 Å². The van der Waals surface area contributed by atoms with Gasteiger partial charge in [-0.25, -0.2) is 0 Å². The zero-order valence-electron chi connectivity index (χ0n) is 11.4. The third kappa shape index (κ3) is 2.38. The summed E-state index contributed by atoms with van der Waals surface area (Å²) in [5.74, 6) is 0. The van der Waals surface area contributed by atoms with Crippen molar-refractivity contribution in [2.24, 2.45) is 17.3 Å². The predicted molar refractivity (Wildman–Crippen MR) is 80.9 cm³/mol. The van der Waals surface area contributed by atoms with E-state index in [4.69, 9.17) is 0 Å². The van der Waals surface area contributed by atoms with Gasteiger partial charge in [0.1, 0.15) is 0 Å². The van der Waals surface area contributed by atoms with Crippen molar-refractivity contribution in [2.75, 3.05) is 12.4 Å². The fraction of sp³-hybridized carbons (Fsp3) is 0.133. The lowest BCUT2D eigenvalue weighted by molar-refractivity contribution is 0.797. The summed E-state index contributed by atoms with van der Waals surface area (Å²) in [6.45, 7) is 0. The molecule has 0 aliphatic heterocycles. The van der Waals surface area contributed by atoms with Crippen LogP contribution in [-0.2, 0) is 7.05 Å². The Kier molecular flexibility index (Phi) is 3.16. The van der Waals surface area contributed by atoms with Crippen LogP contribution in [0.1, 0.15) is 0 Å². The molecule has 0 aliphatic rings. The number of anilines is 1. The lowest BCUT2D eigenvalue weighted by Crippen LogP contribution is -1.87. The van der Waals surface area contributed by atoms with Gasteiger partial charge in [0.15, 0.2) is 0 Å². The monoisotopic (exact) mass is 265 g/mol. The molecule has 0 atom stereocenters. The molecule has 0 unspecified atom stereocenters. The van der Waals surface area contributed by atoms with Crippen LogP contribution in [0.25, 0.3) is 10.9 Å². The van der Waals surface area contributed by atoms with Gasteiger partial charge in [-0.15, -0.1) is 0 Å². The quantitative estimate of drug-likeness (QED) is 0.727. The van der Waals surface area contributed by atoms with E-state index in [9.17, 15) is 0 Å². The standard InChI is InChI=1S/C15H15N5/c1-16-12-3-5-13(6-4-12)18-19-14-7-8-15-11(9-14)10-17-20(15)2/h3-10,16H,1-2H3. The second-order valence-electron chi connectivity index (χ2n) is 4.51. The number of azo groups is 1. The largest absolute Gasteiger partial charge is 0.388 e. The SMILES string of the molecule is CNc1ccc(N=Nc2ccc3c(cnn3C)c2)cc1. The van der Waals surface area contributed by atoms with Gasteiger partial charge in [-0.1, -0.05) is 0 Å². The third-order valence-electron chi connectivity index (χ3n) is 3.17. The van der Waals surface area contributed by atoms with Crippen LogP contribution in [0.3, 0.4) is 0 Å². The average Bonchev–Trinajstić information content (AvgIpc) is 2.87. The van der Waals surface area contributed by atoms with Crippen LogP contribution in [0, 0.1) is 0 Å². The van der Waals surface area contributed by atoms with Crippen molar-refractivity contribution in [1.29, 1.82) is 0 Å². The fourth-order valence-corrected chi connectivity index (χ4v) is 2.02. The summed E-state index contributed by atoms with van der Waals surface area (Å²) in [5, 5.41) is 16.8. The van der Waals surface area contributed by atoms with Gasteiger partial charge in [0.2, 0.25) is 0 Å². The first-order chi connectivity index (χ1) is 9.76. The number of hydrogen-bond donors (Lipinski definition) is 1. The van der Waals surface area contributed by atoms with Crippen LogP contribution in [-0.4, -0.2) is 16.8 Å². The number of aryl methyl sites for hydroxylation is 1. The lowest BCUT2D eigenvalue weighted by Gasteiger charge is -1.99. The highest BCUT2D eigenvalue weighted by Crippen LogP contribution is 2.23. The molecule has 3 aromatic rings. The summed E-state index contributed by atoms with van der Waals surface area (Å²) < 4.78 is 1.84. The summed E-state index contributed by atoms with van der Waals surface area (Å²) in [6, 6.07) is 13.7. The Morgan fingerprint density at radius 3 is 2.45 bits per heavy atom. The highest BCUT2D eigenvalue weighted by molar-refractivity contribution is 5.81. The normalized spacial score (nSPS) is 11.3. The fourth-order valence-electron chi connectivity index (χ4n) is 2.02. The van der Waals surface area contributed by atoms with Crippen LogP contribution in [0.4, 0.5) is 17.1 Å². The van der Waals surface area contributed by atoms with Gasteiger partial charge in [-0.2, -0.15) is 15.3 Å². The molecule has 0 aliphatic carbocycles. The molecule has 0 saturated carbocycles. The summed E-state index contributed by atoms with van der Waals surface area (Å²) >= 11 is 0. The van der Waals surface area contributed by atoms with Crippen LogP contribution >= 0.6 is 0 Å². The number of fused-ring (bicyclic) bond motifs is 1. The molecule has 1 heterocycles. The molecule has 20 heavy (non-hydrogen) atoms. The third-order valence-corrected chi connectivity index (χ3v) is 3.17. The summed E-state index contributed by atoms with van der Waals surface area (Å²) in [5.41, 5.74) is 3.79. The van der Waals surface area contributed by atoms with Crippen LogP contribution in [0.5, 0.6) is 0 Å². The molecule has 0 amide bonds. The van der Waals surface area contributed by atoms with E-state index >= 15 is 0 Å². The van der Waals surface area contributed by atoms with E-state index in [0.717, 1.165) is 28.0 Å². The van der Waals surface area contributed by atoms with Crippen molar-refractivity contribution in [3.63, 3.8) is 0 Å². The predicted octanol–water partition coefficient (Wildman–Crippen LogP) is 4.03. The van der Waals surface area contributed by atoms with Gasteiger partial charge >= 0.3 is 0 Å². The van der Waals surface area contributed by atoms with Crippen LogP contribution in [0.15, 0.2) is 58.9 Å². The Balaban J connectivity index is 1.85. The second kappa shape index (κ2) is 5.13. The lowest BCUT2D eigenvalue weighted by atomic mass is 10.2. The molecule has 1 N–H and O–H groups in total. The van der Waals surface area contributed by atoms with Gasteiger partial charge in [-0.05, 0) is 42.5 Å². The van der Waals surface area contributed by atoms with Crippen molar-refractivity contribution in [2.45, 2.75) is 0 Å². The summed E-state index contributed by atoms with van der Waals surface area (Å²) in [6.07, 6.45) is 1.83. The van der Waals surface area contributed by atoms with Gasteiger partial charge in [0.05, 0.1) is 23.1 Å². The van der Waals surface area contributed by atoms with E-state index in [0.29, 0.717) is 0 Å². The number of rotatable bonds is 3. The maximum absolute atomic E-state index is 4.26. The maximum Gasteiger partial charge on any atom is 0.0865 e. The summed E-state index contributed by atoms with van der Waals surface area (Å²) in [7, 11) is 3.81. The van der Waals surface area contributed by atoms with Gasteiger partial charge < -0.3 is 5.32 Å². The Hall–Kier alpha value is -2.69. The van der Waals surface area contributed by atoms with E-state index < -0.39 is 0 Å². The molecule has 5 nitrogen and oxygen atoms in total. The summed E-state index contributed by atoms with van der Waals surface area (Å²) in [4.78, 5) is 0. The van der Waals surface area contributed by atoms with E-state index in [-0.39, 0.29) is 0 Å². The van der Waals surface area contributed by atoms with Gasteiger partial charge in [0, 0.05) is 25.2 Å². The molecule has 3 rings (SSSR count). The van der Waals surface area contributed by atoms with Crippen LogP contribution < -0.4 is 5.32 Å². The molecule has 100 valence electrons. The Labute approximate surface area is 117 Å². The highest BCUT2D eigenvalue weighted by atomic mass is 15.2. The Morgan fingerprint density at radius 2 is 1.70 bits per heavy atom. The molecular weight excluding hydrogens is 250 g/mol. The molecule has 0 fully saturated rings. The minimum Gasteiger partial charge on any atom is -0.388 e. The number of benzene rings is 2. The average molecular weight is 265 g/mol. The van der Waals surface area contributed by atoms with E-state index in [2.05, 4.69) is 20.6 Å². The molecule has 0 spiro atoms. The Morgan fingerprint density at radius 1 is 1.00 bits per heavy atom. The van der Waals surface area contributed by atoms with Crippen molar-refractivity contribution in [3.8, 4) is 0 Å². The van der Waals surface area contributed by atoms with Gasteiger partial charge in [-0.3, -0.25) is 4.68 Å². The minimum absolute atomic E-state index is 0.822. The molecule has 1 aromatic heterocycles. The molecular formula is C15H15N5. The van der Waals surface area contributed by atoms with Gasteiger partial charge in [0.25, 0.3) is 0 Å². The minimum atomic E-state index is 0.822. The number of nitrogens with zero attached hydrogens (tertiary/aromatic N) is 4. The molecule has 0 radical (unpaired) electrons. The second-order valence-corrected chi connectivity index (χ2v) is 4.51. The first-order valence-electron chi connectivity index (χ1n) is 6.37. The van der Waals surface area contributed by atoms with E-state index in [1.165, 1.54) is 0 Å². The van der Waals surface area contributed by atoms with E-state index in [1.807, 2.05) is 67.4 Å². The number of nitrogens with one attached hydrogen (secondary N) is 1. The zero-order valence-corrected chi connectivity index (χ0v) is 11.4.